The third-order valence-corrected chi connectivity index (χ3v) is 2.78. The van der Waals surface area contributed by atoms with E-state index in [4.69, 9.17) is 0 Å². The van der Waals surface area contributed by atoms with E-state index in [2.05, 4.69) is 5.32 Å². The van der Waals surface area contributed by atoms with Crippen LogP contribution in [-0.4, -0.2) is 32.5 Å². The fraction of sp³-hybridized carbons (Fsp3) is 0.750. The maximum Gasteiger partial charge on any atom is 0.236 e. The standard InChI is InChI=1S/C8H16N2O4S.2H2/c1-6(2)8(12)10-15(13,14)5-4-9-7(3)11;;/h6H,4-5H2,1-3H3,(H,9,11)(H,10,12);2*1H. The highest BCUT2D eigenvalue weighted by molar-refractivity contribution is 7.90. The summed E-state index contributed by atoms with van der Waals surface area (Å²) in [5, 5.41) is 2.33. The molecular formula is C8H20N2O4S. The Morgan fingerprint density at radius 1 is 1.33 bits per heavy atom. The average Bonchev–Trinajstić information content (AvgIpc) is 2.01. The molecule has 0 heterocycles. The monoisotopic (exact) mass is 240 g/mol. The Bertz CT molecular complexity index is 343. The average molecular weight is 240 g/mol. The van der Waals surface area contributed by atoms with Gasteiger partial charge in [-0.15, -0.1) is 0 Å². The molecule has 0 aliphatic heterocycles. The summed E-state index contributed by atoms with van der Waals surface area (Å²) in [6.07, 6.45) is 0. The fourth-order valence-electron chi connectivity index (χ4n) is 0.684. The summed E-state index contributed by atoms with van der Waals surface area (Å²) in [6, 6.07) is 0. The first-order valence-corrected chi connectivity index (χ1v) is 6.18. The second-order valence-corrected chi connectivity index (χ2v) is 5.26. The lowest BCUT2D eigenvalue weighted by molar-refractivity contribution is -0.122. The lowest BCUT2D eigenvalue weighted by atomic mass is 10.2. The van der Waals surface area contributed by atoms with E-state index in [0.717, 1.165) is 0 Å². The summed E-state index contributed by atoms with van der Waals surface area (Å²) in [7, 11) is -3.64. The van der Waals surface area contributed by atoms with Crippen molar-refractivity contribution in [3.8, 4) is 0 Å². The van der Waals surface area contributed by atoms with Gasteiger partial charge in [0.1, 0.15) is 0 Å². The molecule has 0 fully saturated rings. The summed E-state index contributed by atoms with van der Waals surface area (Å²) < 4.78 is 24.4. The van der Waals surface area contributed by atoms with Crippen LogP contribution in [-0.2, 0) is 19.6 Å². The molecule has 0 rings (SSSR count). The number of hydrogen-bond donors (Lipinski definition) is 2. The van der Waals surface area contributed by atoms with Gasteiger partial charge in [-0.2, -0.15) is 0 Å². The van der Waals surface area contributed by atoms with Gasteiger partial charge in [-0.25, -0.2) is 8.42 Å². The zero-order valence-electron chi connectivity index (χ0n) is 9.03. The molecule has 2 amide bonds. The summed E-state index contributed by atoms with van der Waals surface area (Å²) >= 11 is 0. The highest BCUT2D eigenvalue weighted by Gasteiger charge is 2.16. The van der Waals surface area contributed by atoms with Gasteiger partial charge in [-0.3, -0.25) is 14.3 Å². The maximum absolute atomic E-state index is 11.2. The summed E-state index contributed by atoms with van der Waals surface area (Å²) in [5.74, 6) is -1.54. The summed E-state index contributed by atoms with van der Waals surface area (Å²) in [6.45, 7) is 4.48. The number of amides is 2. The van der Waals surface area contributed by atoms with Crippen LogP contribution in [0, 0.1) is 5.92 Å². The Labute approximate surface area is 92.4 Å². The van der Waals surface area contributed by atoms with Gasteiger partial charge in [0.2, 0.25) is 21.8 Å². The largest absolute Gasteiger partial charge is 0.355 e. The van der Waals surface area contributed by atoms with Crippen LogP contribution in [0.3, 0.4) is 0 Å². The van der Waals surface area contributed by atoms with Crippen molar-refractivity contribution < 1.29 is 20.9 Å². The van der Waals surface area contributed by atoms with E-state index in [0.29, 0.717) is 0 Å². The minimum Gasteiger partial charge on any atom is -0.355 e. The van der Waals surface area contributed by atoms with Crippen molar-refractivity contribution in [2.75, 3.05) is 12.3 Å². The van der Waals surface area contributed by atoms with Gasteiger partial charge >= 0.3 is 0 Å². The quantitative estimate of drug-likeness (QED) is 0.691. The number of carbonyl (C=O) groups is 2. The molecule has 0 radical (unpaired) electrons. The molecule has 2 N–H and O–H groups in total. The number of carbonyl (C=O) groups excluding carboxylic acids is 2. The van der Waals surface area contributed by atoms with Crippen molar-refractivity contribution in [1.29, 1.82) is 0 Å². The molecule has 0 aromatic carbocycles. The van der Waals surface area contributed by atoms with Crippen LogP contribution >= 0.6 is 0 Å². The zero-order valence-corrected chi connectivity index (χ0v) is 9.85. The van der Waals surface area contributed by atoms with Gasteiger partial charge in [0.15, 0.2) is 0 Å². The highest BCUT2D eigenvalue weighted by atomic mass is 32.2. The lowest BCUT2D eigenvalue weighted by Crippen LogP contribution is -2.38. The van der Waals surface area contributed by atoms with Gasteiger partial charge in [0, 0.05) is 22.2 Å². The van der Waals surface area contributed by atoms with Crippen LogP contribution in [0.4, 0.5) is 0 Å². The number of nitrogens with one attached hydrogen (secondary N) is 2. The Hall–Kier alpha value is -1.11. The van der Waals surface area contributed by atoms with E-state index in [1.807, 2.05) is 4.72 Å². The van der Waals surface area contributed by atoms with Crippen LogP contribution in [0.15, 0.2) is 0 Å². The smallest absolute Gasteiger partial charge is 0.236 e. The molecule has 0 aromatic heterocycles. The Morgan fingerprint density at radius 3 is 2.27 bits per heavy atom. The SMILES string of the molecule is CC(=O)NCCS(=O)(=O)NC(=O)C(C)C.[HH].[HH]. The van der Waals surface area contributed by atoms with Gasteiger partial charge in [0.05, 0.1) is 5.75 Å². The molecule has 0 aliphatic rings. The van der Waals surface area contributed by atoms with E-state index in [-0.39, 0.29) is 27.0 Å². The molecule has 6 nitrogen and oxygen atoms in total. The van der Waals surface area contributed by atoms with Crippen molar-refractivity contribution in [3.05, 3.63) is 0 Å². The van der Waals surface area contributed by atoms with E-state index in [1.165, 1.54) is 6.92 Å². The topological polar surface area (TPSA) is 92.3 Å². The lowest BCUT2D eigenvalue weighted by Gasteiger charge is -2.08. The van der Waals surface area contributed by atoms with Crippen molar-refractivity contribution in [3.63, 3.8) is 0 Å². The minimum atomic E-state index is -3.64. The first kappa shape index (κ1) is 13.9. The predicted octanol–water partition coefficient (Wildman–Crippen LogP) is -0.283. The molecule has 0 unspecified atom stereocenters. The van der Waals surface area contributed by atoms with Gasteiger partial charge in [0.25, 0.3) is 0 Å². The molecule has 0 bridgehead atoms. The number of sulfonamides is 1. The molecule has 0 saturated heterocycles. The van der Waals surface area contributed by atoms with Gasteiger partial charge < -0.3 is 5.32 Å². The van der Waals surface area contributed by atoms with Crippen LogP contribution < -0.4 is 10.0 Å². The molecule has 7 heteroatoms. The molecule has 0 atom stereocenters. The molecule has 0 spiro atoms. The third kappa shape index (κ3) is 6.89. The Balaban J connectivity index is -0.000000980. The molecule has 0 aromatic rings. The van der Waals surface area contributed by atoms with Crippen molar-refractivity contribution >= 4 is 21.8 Å². The number of hydrogen-bond acceptors (Lipinski definition) is 4. The van der Waals surface area contributed by atoms with E-state index >= 15 is 0 Å². The van der Waals surface area contributed by atoms with Crippen LogP contribution in [0.5, 0.6) is 0 Å². The Morgan fingerprint density at radius 2 is 1.87 bits per heavy atom. The van der Waals surface area contributed by atoms with E-state index in [1.54, 1.807) is 13.8 Å². The molecular weight excluding hydrogens is 220 g/mol. The van der Waals surface area contributed by atoms with Gasteiger partial charge in [-0.1, -0.05) is 13.8 Å². The first-order chi connectivity index (χ1) is 6.74. The molecule has 15 heavy (non-hydrogen) atoms. The molecule has 92 valence electrons. The predicted molar refractivity (Wildman–Crippen MR) is 59.7 cm³/mol. The van der Waals surface area contributed by atoms with E-state index < -0.39 is 15.9 Å². The first-order valence-electron chi connectivity index (χ1n) is 4.53. The third-order valence-electron chi connectivity index (χ3n) is 1.53. The van der Waals surface area contributed by atoms with Crippen LogP contribution in [0.2, 0.25) is 0 Å². The zero-order chi connectivity index (χ0) is 12.1. The molecule has 0 aliphatic carbocycles. The Kier molecular flexibility index (Phi) is 5.27. The normalized spacial score (nSPS) is 11.2. The van der Waals surface area contributed by atoms with Crippen molar-refractivity contribution in [2.24, 2.45) is 5.92 Å². The van der Waals surface area contributed by atoms with Crippen molar-refractivity contribution in [2.45, 2.75) is 20.8 Å². The number of rotatable bonds is 5. The van der Waals surface area contributed by atoms with Crippen molar-refractivity contribution in [1.82, 2.24) is 10.0 Å². The second kappa shape index (κ2) is 5.69. The molecule has 0 saturated carbocycles. The van der Waals surface area contributed by atoms with Gasteiger partial charge in [-0.05, 0) is 0 Å². The summed E-state index contributed by atoms with van der Waals surface area (Å²) in [4.78, 5) is 21.5. The van der Waals surface area contributed by atoms with E-state index in [9.17, 15) is 18.0 Å². The second-order valence-electron chi connectivity index (χ2n) is 3.42. The van der Waals surface area contributed by atoms with Crippen LogP contribution in [0.25, 0.3) is 0 Å². The fourth-order valence-corrected chi connectivity index (χ4v) is 1.70. The highest BCUT2D eigenvalue weighted by Crippen LogP contribution is 1.93. The summed E-state index contributed by atoms with van der Waals surface area (Å²) in [5.41, 5.74) is 0. The van der Waals surface area contributed by atoms with Crippen LogP contribution in [0.1, 0.15) is 23.6 Å². The minimum absolute atomic E-state index is 0. The maximum atomic E-state index is 11.2.